The van der Waals surface area contributed by atoms with Gasteiger partial charge in [-0.1, -0.05) is 92.6 Å². The zero-order valence-electron chi connectivity index (χ0n) is 36.3. The Morgan fingerprint density at radius 3 is 2.15 bits per heavy atom. The summed E-state index contributed by atoms with van der Waals surface area (Å²) in [5.41, 5.74) is 6.27. The van der Waals surface area contributed by atoms with Crippen LogP contribution in [0.4, 0.5) is 0 Å². The number of carbonyl (C=O) groups is 3. The first-order valence-corrected chi connectivity index (χ1v) is 21.4. The van der Waals surface area contributed by atoms with E-state index in [2.05, 4.69) is 51.8 Å². The van der Waals surface area contributed by atoms with Crippen LogP contribution in [0.25, 0.3) is 34.5 Å². The van der Waals surface area contributed by atoms with Crippen molar-refractivity contribution in [3.8, 4) is 34.5 Å². The summed E-state index contributed by atoms with van der Waals surface area (Å²) >= 11 is 8.38. The van der Waals surface area contributed by atoms with E-state index in [0.29, 0.717) is 17.7 Å². The molecule has 0 aliphatic heterocycles. The first-order chi connectivity index (χ1) is 29.3. The minimum Gasteiger partial charge on any atom is -0.446 e. The molecule has 0 fully saturated rings. The van der Waals surface area contributed by atoms with Crippen LogP contribution < -0.4 is 21.7 Å². The van der Waals surface area contributed by atoms with Crippen molar-refractivity contribution in [3.63, 3.8) is 0 Å². The number of aryl methyl sites for hydroxylation is 1. The van der Waals surface area contributed by atoms with Gasteiger partial charge in [0.1, 0.15) is 47.1 Å². The van der Waals surface area contributed by atoms with E-state index in [9.17, 15) is 14.4 Å². The molecule has 3 amide bonds. The molecule has 0 saturated heterocycles. The van der Waals surface area contributed by atoms with Crippen LogP contribution in [-0.2, 0) is 29.6 Å². The van der Waals surface area contributed by atoms with Crippen molar-refractivity contribution >= 4 is 50.9 Å². The van der Waals surface area contributed by atoms with E-state index in [1.54, 1.807) is 45.0 Å². The average Bonchev–Trinajstić information content (AvgIpc) is 4.07. The van der Waals surface area contributed by atoms with Crippen LogP contribution in [0, 0.1) is 18.8 Å². The third-order valence-electron chi connectivity index (χ3n) is 9.86. The SMILES string of the molecule is CC[C@H](C)[C@@H](NC(=O)c1nc(-c2nc(C(CBr)(OC)OC)oc2C)oc1-c1ccccc1)C(=O)N[C@@H](C(=O)NC(COC(C)(C)C)c1nc(-c2nc(C(N)=S)co2)co1)C(C)C. The molecule has 18 nitrogen and oxygen atoms in total. The van der Waals surface area contributed by atoms with Gasteiger partial charge in [0, 0.05) is 19.8 Å². The molecule has 1 aromatic carbocycles. The van der Waals surface area contributed by atoms with Gasteiger partial charge in [0.2, 0.25) is 29.5 Å². The normalized spacial score (nSPS) is 14.0. The number of rotatable bonds is 20. The van der Waals surface area contributed by atoms with Gasteiger partial charge in [-0.3, -0.25) is 14.4 Å². The van der Waals surface area contributed by atoms with Crippen LogP contribution in [0.15, 0.2) is 60.5 Å². The number of hydrogen-bond acceptors (Lipinski definition) is 15. The van der Waals surface area contributed by atoms with E-state index in [4.69, 9.17) is 49.8 Å². The number of hydrogen-bond donors (Lipinski definition) is 4. The highest BCUT2D eigenvalue weighted by Gasteiger charge is 2.39. The van der Waals surface area contributed by atoms with Gasteiger partial charge >= 0.3 is 0 Å². The van der Waals surface area contributed by atoms with Crippen LogP contribution in [0.3, 0.4) is 0 Å². The number of benzene rings is 1. The lowest BCUT2D eigenvalue weighted by molar-refractivity contribution is -0.211. The maximum absolute atomic E-state index is 14.3. The molecule has 62 heavy (non-hydrogen) atoms. The Morgan fingerprint density at radius 2 is 1.56 bits per heavy atom. The summed E-state index contributed by atoms with van der Waals surface area (Å²) < 4.78 is 40.6. The number of amides is 3. The van der Waals surface area contributed by atoms with E-state index in [1.165, 1.54) is 26.7 Å². The number of carbonyl (C=O) groups excluding carboxylic acids is 3. The van der Waals surface area contributed by atoms with Crippen molar-refractivity contribution in [2.75, 3.05) is 26.2 Å². The van der Waals surface area contributed by atoms with Gasteiger partial charge in [-0.15, -0.1) is 0 Å². The molecule has 5 rings (SSSR count). The number of alkyl halides is 1. The first kappa shape index (κ1) is 47.8. The topological polar surface area (TPSA) is 245 Å². The van der Waals surface area contributed by atoms with Crippen LogP contribution in [0.1, 0.15) is 94.7 Å². The van der Waals surface area contributed by atoms with Gasteiger partial charge in [0.15, 0.2) is 22.8 Å². The van der Waals surface area contributed by atoms with Crippen molar-refractivity contribution in [2.45, 2.75) is 91.3 Å². The Hall–Kier alpha value is -5.28. The van der Waals surface area contributed by atoms with Crippen molar-refractivity contribution in [2.24, 2.45) is 17.6 Å². The van der Waals surface area contributed by atoms with E-state index < -0.39 is 53.2 Å². The Balaban J connectivity index is 1.41. The van der Waals surface area contributed by atoms with E-state index >= 15 is 0 Å². The van der Waals surface area contributed by atoms with Crippen LogP contribution in [0.2, 0.25) is 0 Å². The molecule has 4 atom stereocenters. The van der Waals surface area contributed by atoms with E-state index in [1.807, 2.05) is 40.7 Å². The van der Waals surface area contributed by atoms with Gasteiger partial charge in [-0.25, -0.2) is 19.9 Å². The molecule has 5 aromatic rings. The molecule has 0 radical (unpaired) electrons. The molecule has 0 saturated carbocycles. The summed E-state index contributed by atoms with van der Waals surface area (Å²) in [6.45, 7) is 14.5. The van der Waals surface area contributed by atoms with Crippen molar-refractivity contribution in [1.82, 2.24) is 35.9 Å². The summed E-state index contributed by atoms with van der Waals surface area (Å²) in [7, 11) is 2.91. The molecular weight excluding hydrogens is 888 g/mol. The Kier molecular flexibility index (Phi) is 15.6. The molecular formula is C42H53BrN8O10S. The lowest BCUT2D eigenvalue weighted by Gasteiger charge is -2.29. The second-order valence-electron chi connectivity index (χ2n) is 15.8. The highest BCUT2D eigenvalue weighted by atomic mass is 79.9. The lowest BCUT2D eigenvalue weighted by Crippen LogP contribution is -2.57. The maximum atomic E-state index is 14.3. The molecule has 5 N–H and O–H groups in total. The third kappa shape index (κ3) is 11.0. The zero-order chi connectivity index (χ0) is 45.5. The quantitative estimate of drug-likeness (QED) is 0.0376. The maximum Gasteiger partial charge on any atom is 0.274 e. The van der Waals surface area contributed by atoms with Gasteiger partial charge in [0.25, 0.3) is 17.6 Å². The van der Waals surface area contributed by atoms with Crippen LogP contribution in [-0.4, -0.2) is 86.5 Å². The standard InChI is InChI=1S/C42H53BrN8O10S/c1-11-22(4)29(49-36(54)31-32(24-15-13-12-14-16-24)61-39(50-31)30-23(5)60-40(51-30)42(20-43,55-9)56-10)35(53)48-28(21(2)3)34(52)45-27(19-59-41(6,7)8)38-47-26(18-58-38)37-46-25(17-57-37)33(44)62/h12-18,21-22,27-29H,11,19-20H2,1-10H3,(H2,44,62)(H,45,52)(H,48,53)(H,49,54)/t22-,27?,28+,29+/m0/s1. The van der Waals surface area contributed by atoms with Gasteiger partial charge in [-0.05, 0) is 39.5 Å². The molecule has 334 valence electrons. The van der Waals surface area contributed by atoms with Gasteiger partial charge < -0.3 is 53.6 Å². The number of thiocarbonyl (C=S) groups is 1. The molecule has 4 aromatic heterocycles. The molecule has 0 bridgehead atoms. The smallest absolute Gasteiger partial charge is 0.274 e. The second-order valence-corrected chi connectivity index (χ2v) is 16.8. The Labute approximate surface area is 373 Å². The van der Waals surface area contributed by atoms with Crippen molar-refractivity contribution in [3.05, 3.63) is 71.8 Å². The van der Waals surface area contributed by atoms with Gasteiger partial charge in [0.05, 0.1) is 17.5 Å². The predicted octanol–water partition coefficient (Wildman–Crippen LogP) is 6.38. The summed E-state index contributed by atoms with van der Waals surface area (Å²) in [5.74, 6) is -3.18. The molecule has 0 aliphatic rings. The minimum atomic E-state index is -1.34. The first-order valence-electron chi connectivity index (χ1n) is 19.8. The number of nitrogens with one attached hydrogen (secondary N) is 3. The highest BCUT2D eigenvalue weighted by molar-refractivity contribution is 9.09. The Bertz CT molecular complexity index is 2320. The largest absolute Gasteiger partial charge is 0.446 e. The fourth-order valence-electron chi connectivity index (χ4n) is 6.05. The molecule has 4 heterocycles. The molecule has 1 unspecified atom stereocenters. The summed E-state index contributed by atoms with van der Waals surface area (Å²) in [6.07, 6.45) is 3.13. The molecule has 0 aliphatic carbocycles. The number of nitrogens with two attached hydrogens (primary N) is 1. The fraction of sp³-hybridized carbons (Fsp3) is 0.476. The summed E-state index contributed by atoms with van der Waals surface area (Å²) in [5, 5.41) is 8.88. The van der Waals surface area contributed by atoms with E-state index in [0.717, 1.165) is 0 Å². The Morgan fingerprint density at radius 1 is 0.887 bits per heavy atom. The fourth-order valence-corrected chi connectivity index (χ4v) is 6.84. The number of aromatic nitrogens is 4. The van der Waals surface area contributed by atoms with E-state index in [-0.39, 0.29) is 74.9 Å². The van der Waals surface area contributed by atoms with Gasteiger partial charge in [-0.2, -0.15) is 0 Å². The highest BCUT2D eigenvalue weighted by Crippen LogP contribution is 2.35. The zero-order valence-corrected chi connectivity index (χ0v) is 38.7. The summed E-state index contributed by atoms with van der Waals surface area (Å²) in [4.78, 5) is 60.7. The number of nitrogens with zero attached hydrogens (tertiary/aromatic N) is 4. The molecule has 20 heteroatoms. The second kappa shape index (κ2) is 20.3. The number of oxazole rings is 4. The van der Waals surface area contributed by atoms with Crippen molar-refractivity contribution in [1.29, 1.82) is 0 Å². The third-order valence-corrected chi connectivity index (χ3v) is 10.8. The predicted molar refractivity (Wildman–Crippen MR) is 234 cm³/mol. The van der Waals surface area contributed by atoms with Crippen LogP contribution in [0.5, 0.6) is 0 Å². The van der Waals surface area contributed by atoms with Crippen LogP contribution >= 0.6 is 28.1 Å². The number of halogens is 1. The minimum absolute atomic E-state index is 0.00809. The number of methoxy groups -OCH3 is 2. The lowest BCUT2D eigenvalue weighted by atomic mass is 9.96. The van der Waals surface area contributed by atoms with Crippen molar-refractivity contribution < 1.29 is 46.3 Å². The summed E-state index contributed by atoms with van der Waals surface area (Å²) in [6, 6.07) is 5.86. The monoisotopic (exact) mass is 940 g/mol. The number of ether oxygens (including phenoxy) is 3. The molecule has 0 spiro atoms. The average molecular weight is 942 g/mol.